The molecule has 0 atom stereocenters. The van der Waals surface area contributed by atoms with Gasteiger partial charge in [0.1, 0.15) is 0 Å². The summed E-state index contributed by atoms with van der Waals surface area (Å²) in [5, 5.41) is 1.47. The van der Waals surface area contributed by atoms with Crippen LogP contribution in [0.2, 0.25) is 5.02 Å². The van der Waals surface area contributed by atoms with Crippen LogP contribution in [0.25, 0.3) is 22.2 Å². The maximum absolute atomic E-state index is 12.2. The topological polar surface area (TPSA) is 32.9 Å². The van der Waals surface area contributed by atoms with Crippen molar-refractivity contribution in [3.63, 3.8) is 0 Å². The van der Waals surface area contributed by atoms with Crippen LogP contribution < -0.4 is 0 Å². The lowest BCUT2D eigenvalue weighted by molar-refractivity contribution is 0.102. The third kappa shape index (κ3) is 2.11. The van der Waals surface area contributed by atoms with Gasteiger partial charge in [0.2, 0.25) is 0 Å². The number of hydrogen-bond donors (Lipinski definition) is 1. The molecular formula is C16H11Cl2NO. The minimum absolute atomic E-state index is 0.0562. The summed E-state index contributed by atoms with van der Waals surface area (Å²) < 4.78 is 0. The highest BCUT2D eigenvalue weighted by atomic mass is 35.5. The first-order valence-electron chi connectivity index (χ1n) is 6.17. The minimum atomic E-state index is -0.112. The van der Waals surface area contributed by atoms with Crippen LogP contribution in [0.15, 0.2) is 48.5 Å². The van der Waals surface area contributed by atoms with Crippen LogP contribution in [-0.4, -0.2) is 16.6 Å². The second-order valence-electron chi connectivity index (χ2n) is 4.46. The maximum atomic E-state index is 12.2. The Labute approximate surface area is 126 Å². The Morgan fingerprint density at radius 2 is 1.75 bits per heavy atom. The number of carbonyl (C=O) groups is 1. The summed E-state index contributed by atoms with van der Waals surface area (Å²) in [7, 11) is 0. The van der Waals surface area contributed by atoms with Gasteiger partial charge < -0.3 is 4.98 Å². The van der Waals surface area contributed by atoms with E-state index < -0.39 is 0 Å². The average molecular weight is 304 g/mol. The normalized spacial score (nSPS) is 10.9. The lowest BCUT2D eigenvalue weighted by Crippen LogP contribution is -2.01. The second kappa shape index (κ2) is 5.31. The van der Waals surface area contributed by atoms with E-state index in [1.807, 2.05) is 42.5 Å². The minimum Gasteiger partial charge on any atom is -0.354 e. The zero-order valence-corrected chi connectivity index (χ0v) is 12.0. The van der Waals surface area contributed by atoms with Gasteiger partial charge in [-0.1, -0.05) is 48.0 Å². The molecule has 0 fully saturated rings. The van der Waals surface area contributed by atoms with Gasteiger partial charge in [0.15, 0.2) is 5.78 Å². The molecule has 4 heteroatoms. The summed E-state index contributed by atoms with van der Waals surface area (Å²) in [5.41, 5.74) is 3.03. The van der Waals surface area contributed by atoms with E-state index in [4.69, 9.17) is 23.2 Å². The number of hydrogen-bond acceptors (Lipinski definition) is 1. The fourth-order valence-corrected chi connectivity index (χ4v) is 2.73. The van der Waals surface area contributed by atoms with E-state index in [1.54, 1.807) is 6.07 Å². The number of benzene rings is 2. The van der Waals surface area contributed by atoms with E-state index in [1.165, 1.54) is 0 Å². The number of nitrogens with one attached hydrogen (secondary N) is 1. The van der Waals surface area contributed by atoms with Crippen LogP contribution >= 0.6 is 23.2 Å². The van der Waals surface area contributed by atoms with Crippen molar-refractivity contribution in [1.82, 2.24) is 4.98 Å². The summed E-state index contributed by atoms with van der Waals surface area (Å²) in [6.07, 6.45) is 0. The molecule has 0 aliphatic carbocycles. The van der Waals surface area contributed by atoms with E-state index in [2.05, 4.69) is 4.98 Å². The first kappa shape index (κ1) is 13.2. The van der Waals surface area contributed by atoms with Gasteiger partial charge in [-0.25, -0.2) is 0 Å². The maximum Gasteiger partial charge on any atom is 0.180 e. The summed E-state index contributed by atoms with van der Waals surface area (Å²) in [4.78, 5) is 15.5. The lowest BCUT2D eigenvalue weighted by atomic mass is 10.0. The number of para-hydroxylation sites is 1. The Hall–Kier alpha value is -1.77. The van der Waals surface area contributed by atoms with Crippen molar-refractivity contribution < 1.29 is 4.79 Å². The van der Waals surface area contributed by atoms with Gasteiger partial charge in [0.05, 0.1) is 17.1 Å². The first-order chi connectivity index (χ1) is 9.72. The zero-order chi connectivity index (χ0) is 14.1. The third-order valence-corrected chi connectivity index (χ3v) is 3.82. The molecule has 0 saturated carbocycles. The molecule has 100 valence electrons. The highest BCUT2D eigenvalue weighted by Gasteiger charge is 2.19. The summed E-state index contributed by atoms with van der Waals surface area (Å²) in [6, 6.07) is 15.1. The van der Waals surface area contributed by atoms with Crippen molar-refractivity contribution in [2.45, 2.75) is 0 Å². The third-order valence-electron chi connectivity index (χ3n) is 3.25. The standard InChI is InChI=1S/C16H11Cl2NO/c17-9-14(20)15-11-6-2-4-8-13(11)19-16(15)10-5-1-3-7-12(10)18/h1-8,19H,9H2. The number of rotatable bonds is 3. The molecule has 0 spiro atoms. The van der Waals surface area contributed by atoms with Crippen molar-refractivity contribution in [3.05, 3.63) is 59.1 Å². The Balaban J connectivity index is 2.35. The van der Waals surface area contributed by atoms with E-state index in [9.17, 15) is 4.79 Å². The Kier molecular flexibility index (Phi) is 3.51. The molecule has 1 heterocycles. The molecule has 3 aromatic rings. The number of H-pyrrole nitrogens is 1. The molecule has 0 aliphatic heterocycles. The Morgan fingerprint density at radius 3 is 2.50 bits per heavy atom. The summed E-state index contributed by atoms with van der Waals surface area (Å²) in [5.74, 6) is -0.168. The number of aromatic nitrogens is 1. The first-order valence-corrected chi connectivity index (χ1v) is 7.08. The molecule has 20 heavy (non-hydrogen) atoms. The molecule has 0 bridgehead atoms. The van der Waals surface area contributed by atoms with Crippen molar-refractivity contribution in [2.24, 2.45) is 0 Å². The van der Waals surface area contributed by atoms with Crippen LogP contribution in [0.5, 0.6) is 0 Å². The molecule has 0 aliphatic rings. The second-order valence-corrected chi connectivity index (χ2v) is 5.13. The van der Waals surface area contributed by atoms with Gasteiger partial charge in [-0.3, -0.25) is 4.79 Å². The van der Waals surface area contributed by atoms with Crippen LogP contribution in [0.1, 0.15) is 10.4 Å². The number of carbonyl (C=O) groups excluding carboxylic acids is 1. The lowest BCUT2D eigenvalue weighted by Gasteiger charge is -2.04. The smallest absolute Gasteiger partial charge is 0.180 e. The van der Waals surface area contributed by atoms with Crippen molar-refractivity contribution in [1.29, 1.82) is 0 Å². The van der Waals surface area contributed by atoms with Crippen LogP contribution in [0, 0.1) is 0 Å². The van der Waals surface area contributed by atoms with Crippen LogP contribution in [0.4, 0.5) is 0 Å². The predicted octanol–water partition coefficient (Wildman–Crippen LogP) is 4.91. The van der Waals surface area contributed by atoms with Gasteiger partial charge in [-0.2, -0.15) is 0 Å². The van der Waals surface area contributed by atoms with Gasteiger partial charge in [-0.05, 0) is 12.1 Å². The number of aromatic amines is 1. The SMILES string of the molecule is O=C(CCl)c1c(-c2ccccc2Cl)[nH]c2ccccc12. The van der Waals surface area contributed by atoms with Crippen molar-refractivity contribution >= 4 is 39.9 Å². The van der Waals surface area contributed by atoms with E-state index in [0.29, 0.717) is 10.6 Å². The number of fused-ring (bicyclic) bond motifs is 1. The Bertz CT molecular complexity index is 792. The Morgan fingerprint density at radius 1 is 1.05 bits per heavy atom. The number of Topliss-reactive ketones (excluding diaryl/α,β-unsaturated/α-hetero) is 1. The van der Waals surface area contributed by atoms with Gasteiger partial charge in [0.25, 0.3) is 0 Å². The molecule has 0 saturated heterocycles. The van der Waals surface area contributed by atoms with E-state index in [0.717, 1.165) is 22.2 Å². The molecule has 1 aromatic heterocycles. The van der Waals surface area contributed by atoms with Crippen molar-refractivity contribution in [2.75, 3.05) is 5.88 Å². The number of ketones is 1. The van der Waals surface area contributed by atoms with Gasteiger partial charge in [0, 0.05) is 21.5 Å². The molecule has 0 amide bonds. The molecule has 2 nitrogen and oxygen atoms in total. The molecule has 3 rings (SSSR count). The fraction of sp³-hybridized carbons (Fsp3) is 0.0625. The summed E-state index contributed by atoms with van der Waals surface area (Å²) >= 11 is 12.0. The molecule has 0 radical (unpaired) electrons. The number of halogens is 2. The predicted molar refractivity (Wildman–Crippen MR) is 83.8 cm³/mol. The van der Waals surface area contributed by atoms with Crippen molar-refractivity contribution in [3.8, 4) is 11.3 Å². The molecule has 1 N–H and O–H groups in total. The van der Waals surface area contributed by atoms with Crippen LogP contribution in [0.3, 0.4) is 0 Å². The van der Waals surface area contributed by atoms with Gasteiger partial charge >= 0.3 is 0 Å². The zero-order valence-electron chi connectivity index (χ0n) is 10.5. The monoisotopic (exact) mass is 303 g/mol. The van der Waals surface area contributed by atoms with E-state index >= 15 is 0 Å². The highest BCUT2D eigenvalue weighted by Crippen LogP contribution is 2.34. The van der Waals surface area contributed by atoms with E-state index in [-0.39, 0.29) is 11.7 Å². The molecule has 0 unspecified atom stereocenters. The fourth-order valence-electron chi connectivity index (χ4n) is 2.36. The average Bonchev–Trinajstić information content (AvgIpc) is 2.86. The number of alkyl halides is 1. The summed E-state index contributed by atoms with van der Waals surface area (Å²) in [6.45, 7) is 0. The van der Waals surface area contributed by atoms with Crippen LogP contribution in [-0.2, 0) is 0 Å². The molecule has 2 aromatic carbocycles. The highest BCUT2D eigenvalue weighted by molar-refractivity contribution is 6.35. The quantitative estimate of drug-likeness (QED) is 0.541. The molecular weight excluding hydrogens is 293 g/mol. The van der Waals surface area contributed by atoms with Gasteiger partial charge in [-0.15, -0.1) is 11.6 Å². The largest absolute Gasteiger partial charge is 0.354 e.